The van der Waals surface area contributed by atoms with E-state index in [0.29, 0.717) is 18.0 Å². The number of aryl methyl sites for hydroxylation is 1. The molecule has 3 aromatic rings. The molecule has 0 heterocycles. The third-order valence-electron chi connectivity index (χ3n) is 5.58. The van der Waals surface area contributed by atoms with E-state index >= 15 is 0 Å². The minimum atomic E-state index is -0.600. The molecule has 0 aliphatic rings. The van der Waals surface area contributed by atoms with Crippen LogP contribution in [0.5, 0.6) is 5.75 Å². The zero-order chi connectivity index (χ0) is 27.5. The van der Waals surface area contributed by atoms with Gasteiger partial charge in [0.1, 0.15) is 11.6 Å². The second-order valence-electron chi connectivity index (χ2n) is 9.37. The number of primary amides is 1. The molecule has 0 aliphatic carbocycles. The van der Waals surface area contributed by atoms with Gasteiger partial charge in [0, 0.05) is 18.4 Å². The molecule has 0 bridgehead atoms. The van der Waals surface area contributed by atoms with Gasteiger partial charge in [-0.3, -0.25) is 0 Å². The van der Waals surface area contributed by atoms with E-state index in [4.69, 9.17) is 15.6 Å². The molecule has 0 aliphatic heterocycles. The summed E-state index contributed by atoms with van der Waals surface area (Å²) in [7, 11) is 0. The SMILES string of the molecule is CCCCCC(C)C.CCc1ccc2cc(F)ccc2c1.NC(=O)Nc1cccc(OCCCCO)c1. The number of carbonyl (C=O) groups is 1. The number of unbranched alkanes of at least 4 members (excludes halogenated alkanes) is 3. The van der Waals surface area contributed by atoms with Crippen LogP contribution < -0.4 is 15.8 Å². The van der Waals surface area contributed by atoms with Crippen molar-refractivity contribution in [2.45, 2.75) is 72.6 Å². The first-order valence-corrected chi connectivity index (χ1v) is 13.4. The van der Waals surface area contributed by atoms with Crippen molar-refractivity contribution in [1.82, 2.24) is 0 Å². The standard InChI is InChI=1S/C12H11F.C11H16N2O3.C8H18/c1-2-9-3-4-11-8-12(13)6-5-10(11)7-9;12-11(15)13-9-4-3-5-10(8-9)16-7-2-1-6-14;1-4-5-6-7-8(2)3/h3-8H,2H2,1H3;3-5,8,14H,1-2,6-7H2,(H3,12,13,15);8H,4-7H2,1-3H3. The van der Waals surface area contributed by atoms with Gasteiger partial charge in [-0.2, -0.15) is 0 Å². The first-order chi connectivity index (χ1) is 17.8. The van der Waals surface area contributed by atoms with Crippen LogP contribution in [0.2, 0.25) is 0 Å². The monoisotopic (exact) mass is 512 g/mol. The molecule has 37 heavy (non-hydrogen) atoms. The fourth-order valence-corrected chi connectivity index (χ4v) is 3.50. The highest BCUT2D eigenvalue weighted by Gasteiger charge is 1.99. The van der Waals surface area contributed by atoms with E-state index in [0.717, 1.165) is 36.0 Å². The molecule has 0 saturated carbocycles. The highest BCUT2D eigenvalue weighted by atomic mass is 19.1. The van der Waals surface area contributed by atoms with Crippen LogP contribution in [0, 0.1) is 11.7 Å². The molecule has 3 rings (SSSR count). The van der Waals surface area contributed by atoms with E-state index < -0.39 is 6.03 Å². The molecular weight excluding hydrogens is 467 g/mol. The minimum Gasteiger partial charge on any atom is -0.494 e. The number of halogens is 1. The number of hydrogen-bond acceptors (Lipinski definition) is 3. The van der Waals surface area contributed by atoms with Gasteiger partial charge in [-0.05, 0) is 65.8 Å². The van der Waals surface area contributed by atoms with E-state index in [1.807, 2.05) is 18.2 Å². The summed E-state index contributed by atoms with van der Waals surface area (Å²) in [6.45, 7) is 9.66. The molecule has 0 saturated heterocycles. The van der Waals surface area contributed by atoms with Crippen molar-refractivity contribution in [2.24, 2.45) is 11.7 Å². The lowest BCUT2D eigenvalue weighted by molar-refractivity contribution is 0.253. The van der Waals surface area contributed by atoms with Crippen molar-refractivity contribution in [3.05, 3.63) is 72.0 Å². The number of aliphatic hydroxyl groups is 1. The maximum Gasteiger partial charge on any atom is 0.316 e. The summed E-state index contributed by atoms with van der Waals surface area (Å²) in [5, 5.41) is 13.1. The number of anilines is 1. The summed E-state index contributed by atoms with van der Waals surface area (Å²) in [6, 6.07) is 17.4. The molecule has 204 valence electrons. The second kappa shape index (κ2) is 19.1. The Kier molecular flexibility index (Phi) is 16.4. The van der Waals surface area contributed by atoms with Gasteiger partial charge < -0.3 is 20.9 Å². The Morgan fingerprint density at radius 1 is 0.973 bits per heavy atom. The van der Waals surface area contributed by atoms with Crippen LogP contribution in [-0.4, -0.2) is 24.4 Å². The fourth-order valence-electron chi connectivity index (χ4n) is 3.50. The van der Waals surface area contributed by atoms with Crippen molar-refractivity contribution in [3.8, 4) is 5.75 Å². The molecule has 4 N–H and O–H groups in total. The molecule has 0 fully saturated rings. The first kappa shape index (κ1) is 31.9. The highest BCUT2D eigenvalue weighted by Crippen LogP contribution is 2.18. The highest BCUT2D eigenvalue weighted by molar-refractivity contribution is 5.88. The third kappa shape index (κ3) is 14.9. The molecule has 0 aromatic heterocycles. The first-order valence-electron chi connectivity index (χ1n) is 13.4. The molecule has 6 heteroatoms. The number of benzene rings is 3. The minimum absolute atomic E-state index is 0.170. The summed E-state index contributed by atoms with van der Waals surface area (Å²) in [5.41, 5.74) is 6.89. The molecule has 0 atom stereocenters. The Hall–Kier alpha value is -3.12. The lowest BCUT2D eigenvalue weighted by atomic mass is 10.1. The molecule has 2 amide bonds. The molecule has 0 unspecified atom stereocenters. The number of aliphatic hydroxyl groups excluding tert-OH is 1. The molecule has 0 spiro atoms. The zero-order valence-corrected chi connectivity index (χ0v) is 22.9. The number of ether oxygens (including phenoxy) is 1. The Morgan fingerprint density at radius 2 is 1.70 bits per heavy atom. The van der Waals surface area contributed by atoms with Crippen LogP contribution >= 0.6 is 0 Å². The van der Waals surface area contributed by atoms with Crippen molar-refractivity contribution in [3.63, 3.8) is 0 Å². The predicted octanol–water partition coefficient (Wildman–Crippen LogP) is 8.09. The largest absolute Gasteiger partial charge is 0.494 e. The number of nitrogens with one attached hydrogen (secondary N) is 1. The summed E-state index contributed by atoms with van der Waals surface area (Å²) in [6.07, 6.45) is 8.14. The normalized spacial score (nSPS) is 10.2. The van der Waals surface area contributed by atoms with Crippen LogP contribution in [0.1, 0.15) is 71.8 Å². The van der Waals surface area contributed by atoms with Gasteiger partial charge in [0.05, 0.1) is 6.61 Å². The number of amides is 2. The number of carbonyl (C=O) groups excluding carboxylic acids is 1. The van der Waals surface area contributed by atoms with Gasteiger partial charge in [0.25, 0.3) is 0 Å². The summed E-state index contributed by atoms with van der Waals surface area (Å²) in [4.78, 5) is 10.6. The third-order valence-corrected chi connectivity index (χ3v) is 5.58. The lowest BCUT2D eigenvalue weighted by Crippen LogP contribution is -2.19. The number of nitrogens with two attached hydrogens (primary N) is 1. The number of fused-ring (bicyclic) bond motifs is 1. The second-order valence-corrected chi connectivity index (χ2v) is 9.37. The molecule has 5 nitrogen and oxygen atoms in total. The fraction of sp³-hybridized carbons (Fsp3) is 0.452. The predicted molar refractivity (Wildman–Crippen MR) is 154 cm³/mol. The Balaban J connectivity index is 0.000000294. The average Bonchev–Trinajstić information content (AvgIpc) is 2.87. The maximum atomic E-state index is 12.8. The van der Waals surface area contributed by atoms with Gasteiger partial charge in [0.15, 0.2) is 0 Å². The summed E-state index contributed by atoms with van der Waals surface area (Å²) in [5.74, 6) is 1.41. The quantitative estimate of drug-likeness (QED) is 0.227. The van der Waals surface area contributed by atoms with Crippen LogP contribution in [0.4, 0.5) is 14.9 Å². The van der Waals surface area contributed by atoms with Crippen molar-refractivity contribution >= 4 is 22.5 Å². The Morgan fingerprint density at radius 3 is 2.35 bits per heavy atom. The molecule has 0 radical (unpaired) electrons. The number of hydrogen-bond donors (Lipinski definition) is 3. The van der Waals surface area contributed by atoms with Gasteiger partial charge >= 0.3 is 6.03 Å². The van der Waals surface area contributed by atoms with E-state index in [9.17, 15) is 9.18 Å². The van der Waals surface area contributed by atoms with Gasteiger partial charge in [0.2, 0.25) is 0 Å². The lowest BCUT2D eigenvalue weighted by Gasteiger charge is -2.07. The zero-order valence-electron chi connectivity index (χ0n) is 22.9. The average molecular weight is 513 g/mol. The van der Waals surface area contributed by atoms with E-state index in [-0.39, 0.29) is 12.4 Å². The molecule has 3 aromatic carbocycles. The Bertz CT molecular complexity index is 1040. The smallest absolute Gasteiger partial charge is 0.316 e. The van der Waals surface area contributed by atoms with Gasteiger partial charge in [-0.15, -0.1) is 0 Å². The van der Waals surface area contributed by atoms with Crippen molar-refractivity contribution in [2.75, 3.05) is 18.5 Å². The maximum absolute atomic E-state index is 12.8. The van der Waals surface area contributed by atoms with E-state index in [1.165, 1.54) is 37.3 Å². The van der Waals surface area contributed by atoms with Crippen LogP contribution in [0.25, 0.3) is 10.8 Å². The van der Waals surface area contributed by atoms with E-state index in [1.54, 1.807) is 30.3 Å². The van der Waals surface area contributed by atoms with Gasteiger partial charge in [-0.1, -0.05) is 83.7 Å². The van der Waals surface area contributed by atoms with Crippen molar-refractivity contribution in [1.29, 1.82) is 0 Å². The number of rotatable bonds is 11. The van der Waals surface area contributed by atoms with Gasteiger partial charge in [-0.25, -0.2) is 9.18 Å². The van der Waals surface area contributed by atoms with Crippen LogP contribution in [0.15, 0.2) is 60.7 Å². The van der Waals surface area contributed by atoms with Crippen LogP contribution in [0.3, 0.4) is 0 Å². The molecular formula is C31H45FN2O3. The van der Waals surface area contributed by atoms with Crippen LogP contribution in [-0.2, 0) is 6.42 Å². The van der Waals surface area contributed by atoms with Crippen molar-refractivity contribution < 1.29 is 19.0 Å². The topological polar surface area (TPSA) is 84.6 Å². The summed E-state index contributed by atoms with van der Waals surface area (Å²) >= 11 is 0. The summed E-state index contributed by atoms with van der Waals surface area (Å²) < 4.78 is 18.2. The number of urea groups is 1. The Labute approximate surface area is 222 Å². The van der Waals surface area contributed by atoms with E-state index in [2.05, 4.69) is 39.1 Å².